The number of nitrogens with two attached hydrogens (primary N) is 1. The van der Waals surface area contributed by atoms with E-state index in [0.29, 0.717) is 0 Å². The Morgan fingerprint density at radius 3 is 2.00 bits per heavy atom. The van der Waals surface area contributed by atoms with Gasteiger partial charge in [-0.1, -0.05) is 13.8 Å². The molecule has 0 bridgehead atoms. The number of hydrogen-bond donors (Lipinski definition) is 1. The molecule has 1 unspecified atom stereocenters. The molecule has 0 amide bonds. The lowest BCUT2D eigenvalue weighted by molar-refractivity contribution is 0.365. The zero-order valence-electron chi connectivity index (χ0n) is 4.82. The van der Waals surface area contributed by atoms with Crippen LogP contribution in [0.3, 0.4) is 0 Å². The first kappa shape index (κ1) is 6.89. The number of alkyl halides is 1. The van der Waals surface area contributed by atoms with E-state index < -0.39 is 6.67 Å². The molecule has 0 aliphatic carbocycles. The van der Waals surface area contributed by atoms with Crippen LogP contribution in [-0.4, -0.2) is 12.7 Å². The van der Waals surface area contributed by atoms with Gasteiger partial charge in [-0.25, -0.2) is 4.39 Å². The van der Waals surface area contributed by atoms with Gasteiger partial charge in [0.2, 0.25) is 0 Å². The minimum Gasteiger partial charge on any atom is -0.325 e. The molecule has 0 spiro atoms. The van der Waals surface area contributed by atoms with Crippen LogP contribution in [0.5, 0.6) is 0 Å². The van der Waals surface area contributed by atoms with Crippen LogP contribution in [0.25, 0.3) is 0 Å². The summed E-state index contributed by atoms with van der Waals surface area (Å²) in [5.41, 5.74) is 5.24. The molecule has 0 aromatic heterocycles. The van der Waals surface area contributed by atoms with Crippen molar-refractivity contribution in [2.24, 2.45) is 11.7 Å². The molecule has 0 aliphatic rings. The van der Waals surface area contributed by atoms with Crippen molar-refractivity contribution in [1.82, 2.24) is 0 Å². The molecule has 0 rings (SSSR count). The quantitative estimate of drug-likeness (QED) is 0.555. The molecular weight excluding hydrogens is 93.1 g/mol. The Labute approximate surface area is 43.7 Å². The normalized spacial score (nSPS) is 15.0. The van der Waals surface area contributed by atoms with Crippen LogP contribution in [0.4, 0.5) is 4.39 Å². The van der Waals surface area contributed by atoms with Crippen LogP contribution in [-0.2, 0) is 0 Å². The van der Waals surface area contributed by atoms with E-state index in [1.807, 2.05) is 13.8 Å². The Bertz CT molecular complexity index is 45.3. The van der Waals surface area contributed by atoms with Crippen LogP contribution in [0.2, 0.25) is 0 Å². The fourth-order valence-corrected chi connectivity index (χ4v) is 0.178. The van der Waals surface area contributed by atoms with E-state index in [0.717, 1.165) is 0 Å². The average molecular weight is 105 g/mol. The second kappa shape index (κ2) is 2.97. The summed E-state index contributed by atoms with van der Waals surface area (Å²) in [6, 6.07) is -0.264. The molecule has 44 valence electrons. The van der Waals surface area contributed by atoms with Crippen molar-refractivity contribution in [3.63, 3.8) is 0 Å². The van der Waals surface area contributed by atoms with Gasteiger partial charge in [-0.05, 0) is 5.92 Å². The highest BCUT2D eigenvalue weighted by molar-refractivity contribution is 4.61. The van der Waals surface area contributed by atoms with E-state index in [1.54, 1.807) is 0 Å². The first-order valence-electron chi connectivity index (χ1n) is 2.50. The van der Waals surface area contributed by atoms with Crippen molar-refractivity contribution in [3.05, 3.63) is 0 Å². The van der Waals surface area contributed by atoms with Gasteiger partial charge >= 0.3 is 0 Å². The molecule has 0 aromatic rings. The first-order chi connectivity index (χ1) is 3.18. The lowest BCUT2D eigenvalue weighted by atomic mass is 10.1. The first-order valence-corrected chi connectivity index (χ1v) is 2.50. The van der Waals surface area contributed by atoms with Gasteiger partial charge in [0.05, 0.1) is 0 Å². The predicted octanol–water partition coefficient (Wildman–Crippen LogP) is 0.939. The smallest absolute Gasteiger partial charge is 0.105 e. The molecule has 1 atom stereocenters. The third-order valence-electron chi connectivity index (χ3n) is 1.03. The molecule has 0 radical (unpaired) electrons. The fourth-order valence-electron chi connectivity index (χ4n) is 0.178. The summed E-state index contributed by atoms with van der Waals surface area (Å²) in [6.45, 7) is 3.41. The highest BCUT2D eigenvalue weighted by Gasteiger charge is 2.04. The fraction of sp³-hybridized carbons (Fsp3) is 1.00. The summed E-state index contributed by atoms with van der Waals surface area (Å²) >= 11 is 0. The summed E-state index contributed by atoms with van der Waals surface area (Å²) in [6.07, 6.45) is 0. The predicted molar refractivity (Wildman–Crippen MR) is 28.8 cm³/mol. The van der Waals surface area contributed by atoms with Crippen molar-refractivity contribution >= 4 is 0 Å². The van der Waals surface area contributed by atoms with Crippen molar-refractivity contribution in [2.45, 2.75) is 19.9 Å². The van der Waals surface area contributed by atoms with Gasteiger partial charge in [-0.15, -0.1) is 0 Å². The molecule has 0 fully saturated rings. The lowest BCUT2D eigenvalue weighted by Gasteiger charge is -2.08. The Hall–Kier alpha value is -0.110. The molecule has 0 aliphatic heterocycles. The van der Waals surface area contributed by atoms with Crippen LogP contribution >= 0.6 is 0 Å². The average Bonchev–Trinajstić information content (AvgIpc) is 1.65. The molecule has 0 saturated heterocycles. The molecule has 0 saturated carbocycles. The number of halogens is 1. The van der Waals surface area contributed by atoms with Crippen LogP contribution in [0.1, 0.15) is 13.8 Å². The van der Waals surface area contributed by atoms with Crippen molar-refractivity contribution < 1.29 is 4.39 Å². The van der Waals surface area contributed by atoms with Crippen LogP contribution in [0, 0.1) is 5.92 Å². The largest absolute Gasteiger partial charge is 0.325 e. The summed E-state index contributed by atoms with van der Waals surface area (Å²) in [5, 5.41) is 0. The molecule has 2 heteroatoms. The summed E-state index contributed by atoms with van der Waals surface area (Å²) in [4.78, 5) is 0. The maximum absolute atomic E-state index is 11.5. The van der Waals surface area contributed by atoms with Crippen molar-refractivity contribution in [3.8, 4) is 0 Å². The maximum atomic E-state index is 11.5. The third kappa shape index (κ3) is 2.57. The zero-order chi connectivity index (χ0) is 5.86. The second-order valence-electron chi connectivity index (χ2n) is 2.06. The number of hydrogen-bond acceptors (Lipinski definition) is 1. The van der Waals surface area contributed by atoms with Gasteiger partial charge in [0.25, 0.3) is 0 Å². The topological polar surface area (TPSA) is 26.0 Å². The Balaban J connectivity index is 3.14. The van der Waals surface area contributed by atoms with Gasteiger partial charge in [0.1, 0.15) is 6.67 Å². The Morgan fingerprint density at radius 1 is 1.57 bits per heavy atom. The van der Waals surface area contributed by atoms with Gasteiger partial charge in [-0.3, -0.25) is 0 Å². The van der Waals surface area contributed by atoms with Crippen molar-refractivity contribution in [2.75, 3.05) is 6.67 Å². The van der Waals surface area contributed by atoms with Crippen molar-refractivity contribution in [1.29, 1.82) is 0 Å². The van der Waals surface area contributed by atoms with Gasteiger partial charge in [0.15, 0.2) is 0 Å². The standard InChI is InChI=1S/C5H12FN/c1-4(2)5(7)3-6/h4-5H,3,7H2,1-2H3. The molecule has 2 N–H and O–H groups in total. The third-order valence-corrected chi connectivity index (χ3v) is 1.03. The van der Waals surface area contributed by atoms with E-state index in [2.05, 4.69) is 0 Å². The van der Waals surface area contributed by atoms with Crippen LogP contribution < -0.4 is 5.73 Å². The summed E-state index contributed by atoms with van der Waals surface area (Å²) < 4.78 is 11.5. The molecular formula is C5H12FN. The van der Waals surface area contributed by atoms with Crippen LogP contribution in [0.15, 0.2) is 0 Å². The minimum atomic E-state index is -0.405. The highest BCUT2D eigenvalue weighted by Crippen LogP contribution is 1.96. The Morgan fingerprint density at radius 2 is 2.00 bits per heavy atom. The van der Waals surface area contributed by atoms with E-state index in [1.165, 1.54) is 0 Å². The summed E-state index contributed by atoms with van der Waals surface area (Å²) in [7, 11) is 0. The van der Waals surface area contributed by atoms with E-state index in [4.69, 9.17) is 5.73 Å². The van der Waals surface area contributed by atoms with Gasteiger partial charge in [-0.2, -0.15) is 0 Å². The van der Waals surface area contributed by atoms with E-state index >= 15 is 0 Å². The van der Waals surface area contributed by atoms with Gasteiger partial charge < -0.3 is 5.73 Å². The lowest BCUT2D eigenvalue weighted by Crippen LogP contribution is -2.28. The SMILES string of the molecule is CC(C)C(N)CF. The van der Waals surface area contributed by atoms with Gasteiger partial charge in [0, 0.05) is 6.04 Å². The molecule has 7 heavy (non-hydrogen) atoms. The zero-order valence-corrected chi connectivity index (χ0v) is 4.82. The van der Waals surface area contributed by atoms with E-state index in [-0.39, 0.29) is 12.0 Å². The Kier molecular flexibility index (Phi) is 2.92. The molecule has 1 nitrogen and oxygen atoms in total. The highest BCUT2D eigenvalue weighted by atomic mass is 19.1. The maximum Gasteiger partial charge on any atom is 0.105 e. The molecule has 0 heterocycles. The summed E-state index contributed by atoms with van der Waals surface area (Å²) in [5.74, 6) is 0.269. The molecule has 0 aromatic carbocycles. The van der Waals surface area contributed by atoms with E-state index in [9.17, 15) is 4.39 Å². The number of rotatable bonds is 2. The monoisotopic (exact) mass is 105 g/mol. The second-order valence-corrected chi connectivity index (χ2v) is 2.06. The minimum absolute atomic E-state index is 0.264.